The lowest BCUT2D eigenvalue weighted by atomic mass is 9.78. The van der Waals surface area contributed by atoms with E-state index in [1.165, 1.54) is 16.2 Å². The van der Waals surface area contributed by atoms with Crippen LogP contribution in [0.3, 0.4) is 0 Å². The highest BCUT2D eigenvalue weighted by Crippen LogP contribution is 2.44. The Balaban J connectivity index is 1.78. The lowest BCUT2D eigenvalue weighted by Gasteiger charge is -2.48. The van der Waals surface area contributed by atoms with E-state index in [0.717, 1.165) is 30.5 Å². The fraction of sp³-hybridized carbons (Fsp3) is 0.370. The van der Waals surface area contributed by atoms with E-state index in [9.17, 15) is 9.59 Å². The molecule has 0 spiro atoms. The number of nitrogens with zero attached hydrogens (tertiary/aromatic N) is 2. The molecule has 2 amide bonds. The van der Waals surface area contributed by atoms with Gasteiger partial charge in [0.15, 0.2) is 5.11 Å². The molecule has 0 aromatic heterocycles. The topological polar surface area (TPSA) is 52.7 Å². The zero-order chi connectivity index (χ0) is 23.9. The molecule has 2 heterocycles. The lowest BCUT2D eigenvalue weighted by molar-refractivity contribution is -0.122. The van der Waals surface area contributed by atoms with Gasteiger partial charge in [0.2, 0.25) is 0 Å². The summed E-state index contributed by atoms with van der Waals surface area (Å²) in [5.41, 5.74) is 5.24. The number of fused-ring (bicyclic) bond motifs is 1. The van der Waals surface area contributed by atoms with Gasteiger partial charge in [0.1, 0.15) is 5.57 Å². The van der Waals surface area contributed by atoms with Crippen LogP contribution < -0.4 is 15.1 Å². The molecule has 5 nitrogen and oxygen atoms in total. The van der Waals surface area contributed by atoms with Crippen LogP contribution >= 0.6 is 12.2 Å². The van der Waals surface area contributed by atoms with E-state index in [4.69, 9.17) is 12.2 Å². The molecule has 0 radical (unpaired) electrons. The number of para-hydroxylation sites is 1. The summed E-state index contributed by atoms with van der Waals surface area (Å²) in [5.74, 6) is -0.491. The second kappa shape index (κ2) is 8.75. The predicted molar refractivity (Wildman–Crippen MR) is 139 cm³/mol. The quantitative estimate of drug-likeness (QED) is 0.380. The minimum Gasteiger partial charge on any atom is -0.366 e. The summed E-state index contributed by atoms with van der Waals surface area (Å²) in [6.07, 6.45) is 3.84. The molecule has 1 unspecified atom stereocenters. The molecular weight excluding hydrogens is 430 g/mol. The van der Waals surface area contributed by atoms with Crippen LogP contribution in [-0.2, 0) is 9.59 Å². The molecule has 0 aliphatic carbocycles. The number of amides is 2. The molecule has 1 fully saturated rings. The van der Waals surface area contributed by atoms with Crippen LogP contribution in [0.1, 0.15) is 63.1 Å². The first-order chi connectivity index (χ1) is 15.6. The Morgan fingerprint density at radius 1 is 1.18 bits per heavy atom. The van der Waals surface area contributed by atoms with E-state index in [1.54, 1.807) is 18.2 Å². The Kier molecular flexibility index (Phi) is 6.14. The van der Waals surface area contributed by atoms with Gasteiger partial charge in [-0.3, -0.25) is 19.8 Å². The summed E-state index contributed by atoms with van der Waals surface area (Å²) in [7, 11) is 0. The summed E-state index contributed by atoms with van der Waals surface area (Å²) in [6.45, 7) is 12.1. The second-order valence-electron chi connectivity index (χ2n) is 9.63. The van der Waals surface area contributed by atoms with Gasteiger partial charge in [0.05, 0.1) is 5.69 Å². The third kappa shape index (κ3) is 4.20. The largest absolute Gasteiger partial charge is 0.366 e. The third-order valence-corrected chi connectivity index (χ3v) is 6.92. The maximum absolute atomic E-state index is 13.3. The molecule has 2 aromatic rings. The van der Waals surface area contributed by atoms with Gasteiger partial charge in [-0.1, -0.05) is 32.0 Å². The average Bonchev–Trinajstić information content (AvgIpc) is 2.75. The second-order valence-corrected chi connectivity index (χ2v) is 10.0. The van der Waals surface area contributed by atoms with Crippen LogP contribution in [0.4, 0.5) is 11.4 Å². The van der Waals surface area contributed by atoms with Crippen molar-refractivity contribution in [3.05, 3.63) is 64.7 Å². The van der Waals surface area contributed by atoms with E-state index < -0.39 is 11.8 Å². The number of carbonyl (C=O) groups excluding carboxylic acids is 2. The van der Waals surface area contributed by atoms with E-state index in [2.05, 4.69) is 50.0 Å². The van der Waals surface area contributed by atoms with Gasteiger partial charge in [-0.05, 0) is 98.8 Å². The number of aryl methyl sites for hydroxylation is 1. The number of rotatable bonds is 4. The van der Waals surface area contributed by atoms with Crippen LogP contribution in [0.2, 0.25) is 0 Å². The first kappa shape index (κ1) is 23.2. The van der Waals surface area contributed by atoms with E-state index in [1.807, 2.05) is 25.1 Å². The number of nitrogens with one attached hydrogen (secondary N) is 1. The molecule has 1 atom stereocenters. The Morgan fingerprint density at radius 2 is 1.88 bits per heavy atom. The summed E-state index contributed by atoms with van der Waals surface area (Å²) in [5, 5.41) is 2.77. The van der Waals surface area contributed by atoms with Crippen molar-refractivity contribution in [2.24, 2.45) is 0 Å². The van der Waals surface area contributed by atoms with Crippen molar-refractivity contribution in [1.29, 1.82) is 0 Å². The molecule has 6 heteroatoms. The minimum atomic E-state index is -0.462. The Morgan fingerprint density at radius 3 is 2.55 bits per heavy atom. The van der Waals surface area contributed by atoms with Crippen molar-refractivity contribution in [3.63, 3.8) is 0 Å². The predicted octanol–water partition coefficient (Wildman–Crippen LogP) is 5.33. The van der Waals surface area contributed by atoms with Crippen LogP contribution in [0.15, 0.2) is 48.0 Å². The monoisotopic (exact) mass is 461 g/mol. The van der Waals surface area contributed by atoms with Gasteiger partial charge in [0, 0.05) is 17.8 Å². The minimum absolute atomic E-state index is 0.0833. The van der Waals surface area contributed by atoms with Gasteiger partial charge >= 0.3 is 0 Å². The lowest BCUT2D eigenvalue weighted by Crippen LogP contribution is -2.54. The maximum atomic E-state index is 13.3. The first-order valence-corrected chi connectivity index (χ1v) is 11.9. The molecule has 172 valence electrons. The van der Waals surface area contributed by atoms with Gasteiger partial charge in [-0.2, -0.15) is 0 Å². The Bertz CT molecular complexity index is 1150. The molecule has 2 aromatic carbocycles. The van der Waals surface area contributed by atoms with Gasteiger partial charge in [-0.15, -0.1) is 0 Å². The highest BCUT2D eigenvalue weighted by molar-refractivity contribution is 7.80. The van der Waals surface area contributed by atoms with E-state index in [0.29, 0.717) is 11.6 Å². The average molecular weight is 462 g/mol. The van der Waals surface area contributed by atoms with E-state index >= 15 is 0 Å². The molecule has 1 saturated heterocycles. The maximum Gasteiger partial charge on any atom is 0.270 e. The van der Waals surface area contributed by atoms with Gasteiger partial charge in [0.25, 0.3) is 11.8 Å². The van der Waals surface area contributed by atoms with Crippen molar-refractivity contribution in [2.45, 2.75) is 58.9 Å². The third-order valence-electron chi connectivity index (χ3n) is 6.64. The van der Waals surface area contributed by atoms with Crippen molar-refractivity contribution < 1.29 is 9.59 Å². The number of carbonyl (C=O) groups is 2. The SMILES string of the molecule is CCCN1c2cc(C)c(/C=C3/C(=O)NC(=S)N(c4ccccc4)C3=O)cc2C(C)CC1(C)C. The normalized spacial score (nSPS) is 21.3. The number of hydrogen-bond donors (Lipinski definition) is 1. The highest BCUT2D eigenvalue weighted by atomic mass is 32.1. The van der Waals surface area contributed by atoms with Crippen LogP contribution in [-0.4, -0.2) is 29.0 Å². The molecular formula is C27H31N3O2S. The van der Waals surface area contributed by atoms with Crippen LogP contribution in [0.5, 0.6) is 0 Å². The van der Waals surface area contributed by atoms with Crippen molar-refractivity contribution in [2.75, 3.05) is 16.3 Å². The standard InChI is InChI=1S/C27H31N3O2S/c1-6-12-29-23-13-17(2)19(14-21(23)18(3)16-27(29,4)5)15-22-24(31)28-26(33)30(25(22)32)20-10-8-7-9-11-20/h7-11,13-15,18H,6,12,16H2,1-5H3,(H,28,31,33)/b22-15-. The van der Waals surface area contributed by atoms with Gasteiger partial charge in [-0.25, -0.2) is 0 Å². The smallest absolute Gasteiger partial charge is 0.270 e. The highest BCUT2D eigenvalue weighted by Gasteiger charge is 2.37. The zero-order valence-corrected chi connectivity index (χ0v) is 20.8. The van der Waals surface area contributed by atoms with Crippen molar-refractivity contribution >= 4 is 46.6 Å². The van der Waals surface area contributed by atoms with Crippen LogP contribution in [0.25, 0.3) is 6.08 Å². The summed E-state index contributed by atoms with van der Waals surface area (Å²) < 4.78 is 0. The Hall–Kier alpha value is -2.99. The number of benzene rings is 2. The fourth-order valence-corrected chi connectivity index (χ4v) is 5.36. The summed E-state index contributed by atoms with van der Waals surface area (Å²) >= 11 is 5.30. The van der Waals surface area contributed by atoms with Gasteiger partial charge < -0.3 is 4.90 Å². The number of hydrogen-bond acceptors (Lipinski definition) is 4. The zero-order valence-electron chi connectivity index (χ0n) is 19.9. The van der Waals surface area contributed by atoms with Crippen molar-refractivity contribution in [1.82, 2.24) is 5.32 Å². The molecule has 1 N–H and O–H groups in total. The van der Waals surface area contributed by atoms with E-state index in [-0.39, 0.29) is 16.2 Å². The van der Waals surface area contributed by atoms with Crippen LogP contribution in [0, 0.1) is 6.92 Å². The molecule has 2 aliphatic heterocycles. The molecule has 0 bridgehead atoms. The first-order valence-electron chi connectivity index (χ1n) is 11.5. The Labute approximate surface area is 201 Å². The fourth-order valence-electron chi connectivity index (χ4n) is 5.08. The summed E-state index contributed by atoms with van der Waals surface area (Å²) in [6, 6.07) is 13.5. The molecule has 33 heavy (non-hydrogen) atoms. The van der Waals surface area contributed by atoms with Crippen molar-refractivity contribution in [3.8, 4) is 0 Å². The summed E-state index contributed by atoms with van der Waals surface area (Å²) in [4.78, 5) is 30.0. The number of thiocarbonyl (C=S) groups is 1. The number of anilines is 2. The molecule has 4 rings (SSSR count). The molecule has 0 saturated carbocycles. The molecule has 2 aliphatic rings.